The Hall–Kier alpha value is -2.66. The van der Waals surface area contributed by atoms with E-state index in [2.05, 4.69) is 41.4 Å². The fourth-order valence-electron chi connectivity index (χ4n) is 5.30. The van der Waals surface area contributed by atoms with E-state index in [4.69, 9.17) is 4.74 Å². The third-order valence-corrected chi connectivity index (χ3v) is 6.99. The van der Waals surface area contributed by atoms with E-state index >= 15 is 0 Å². The number of carbonyl (C=O) groups excluding carboxylic acids is 2. The predicted molar refractivity (Wildman–Crippen MR) is 133 cm³/mol. The molecule has 4 rings (SSSR count). The zero-order valence-electron chi connectivity index (χ0n) is 20.0. The highest BCUT2D eigenvalue weighted by molar-refractivity contribution is 6.02. The van der Waals surface area contributed by atoms with Gasteiger partial charge in [0.25, 0.3) is 5.91 Å². The SMILES string of the molecule is CCN(c1cccc2c1C/C=C\CCCC1=C(CNC2=O)C(=O)CC(C)=C1)C1CCOCC1. The number of Topliss-reactive ketones (excluding diaryl/α,β-unsaturated/α-hetero) is 1. The summed E-state index contributed by atoms with van der Waals surface area (Å²) < 4.78 is 5.59. The number of nitrogens with zero attached hydrogens (tertiary/aromatic N) is 1. The lowest BCUT2D eigenvalue weighted by Crippen LogP contribution is -2.40. The summed E-state index contributed by atoms with van der Waals surface area (Å²) in [7, 11) is 0. The van der Waals surface area contributed by atoms with Crippen molar-refractivity contribution in [1.29, 1.82) is 0 Å². The van der Waals surface area contributed by atoms with Crippen molar-refractivity contribution in [1.82, 2.24) is 5.32 Å². The number of hydrogen-bond acceptors (Lipinski definition) is 4. The normalized spacial score (nSPS) is 21.6. The third kappa shape index (κ3) is 5.47. The van der Waals surface area contributed by atoms with Crippen LogP contribution in [0.1, 0.15) is 68.3 Å². The van der Waals surface area contributed by atoms with E-state index in [-0.39, 0.29) is 11.7 Å². The second-order valence-corrected chi connectivity index (χ2v) is 9.28. The largest absolute Gasteiger partial charge is 0.381 e. The minimum atomic E-state index is -0.103. The summed E-state index contributed by atoms with van der Waals surface area (Å²) >= 11 is 0. The van der Waals surface area contributed by atoms with Crippen LogP contribution >= 0.6 is 0 Å². The molecule has 33 heavy (non-hydrogen) atoms. The van der Waals surface area contributed by atoms with Gasteiger partial charge in [0, 0.05) is 55.6 Å². The Labute approximate surface area is 197 Å². The van der Waals surface area contributed by atoms with Crippen LogP contribution in [-0.4, -0.2) is 44.0 Å². The number of ketones is 1. The quantitative estimate of drug-likeness (QED) is 0.667. The molecule has 176 valence electrons. The molecule has 3 aliphatic rings. The molecule has 0 bridgehead atoms. The molecule has 1 N–H and O–H groups in total. The molecule has 0 unspecified atom stereocenters. The Bertz CT molecular complexity index is 983. The van der Waals surface area contributed by atoms with Gasteiger partial charge in [-0.2, -0.15) is 0 Å². The van der Waals surface area contributed by atoms with Crippen molar-refractivity contribution in [2.45, 2.75) is 64.8 Å². The van der Waals surface area contributed by atoms with Gasteiger partial charge in [0.2, 0.25) is 0 Å². The van der Waals surface area contributed by atoms with Gasteiger partial charge < -0.3 is 15.0 Å². The summed E-state index contributed by atoms with van der Waals surface area (Å²) in [6, 6.07) is 6.48. The van der Waals surface area contributed by atoms with Crippen molar-refractivity contribution in [2.75, 3.05) is 31.2 Å². The number of rotatable bonds is 3. The minimum Gasteiger partial charge on any atom is -0.381 e. The summed E-state index contributed by atoms with van der Waals surface area (Å²) in [6.07, 6.45) is 12.6. The maximum atomic E-state index is 13.4. The van der Waals surface area contributed by atoms with Crippen LogP contribution in [0.2, 0.25) is 0 Å². The molecule has 0 saturated carbocycles. The molecule has 1 aliphatic carbocycles. The highest BCUT2D eigenvalue weighted by Gasteiger charge is 2.25. The smallest absolute Gasteiger partial charge is 0.251 e. The molecule has 1 aromatic rings. The molecule has 2 aliphatic heterocycles. The van der Waals surface area contributed by atoms with Gasteiger partial charge in [-0.05, 0) is 75.6 Å². The summed E-state index contributed by atoms with van der Waals surface area (Å²) in [5.41, 5.74) is 5.88. The molecule has 1 aromatic carbocycles. The topological polar surface area (TPSA) is 58.6 Å². The lowest BCUT2D eigenvalue weighted by molar-refractivity contribution is -0.115. The van der Waals surface area contributed by atoms with Gasteiger partial charge in [-0.25, -0.2) is 0 Å². The molecule has 0 aromatic heterocycles. The van der Waals surface area contributed by atoms with Crippen molar-refractivity contribution in [3.8, 4) is 0 Å². The number of carbonyl (C=O) groups is 2. The number of ether oxygens (including phenoxy) is 1. The van der Waals surface area contributed by atoms with E-state index in [1.807, 2.05) is 19.1 Å². The fraction of sp³-hybridized carbons (Fsp3) is 0.500. The monoisotopic (exact) mass is 448 g/mol. The summed E-state index contributed by atoms with van der Waals surface area (Å²) in [4.78, 5) is 28.6. The van der Waals surface area contributed by atoms with E-state index in [1.165, 1.54) is 0 Å². The first-order chi connectivity index (χ1) is 16.1. The molecular formula is C28H36N2O3. The van der Waals surface area contributed by atoms with Crippen LogP contribution < -0.4 is 10.2 Å². The predicted octanol–water partition coefficient (Wildman–Crippen LogP) is 4.92. The number of benzene rings is 1. The molecule has 0 atom stereocenters. The first-order valence-corrected chi connectivity index (χ1v) is 12.4. The lowest BCUT2D eigenvalue weighted by atomic mass is 9.89. The highest BCUT2D eigenvalue weighted by Crippen LogP contribution is 2.30. The third-order valence-electron chi connectivity index (χ3n) is 6.99. The van der Waals surface area contributed by atoms with Crippen LogP contribution in [0.4, 0.5) is 5.69 Å². The average Bonchev–Trinajstić information content (AvgIpc) is 2.83. The van der Waals surface area contributed by atoms with Crippen LogP contribution in [0.25, 0.3) is 0 Å². The second-order valence-electron chi connectivity index (χ2n) is 9.28. The van der Waals surface area contributed by atoms with Gasteiger partial charge in [-0.1, -0.05) is 29.9 Å². The van der Waals surface area contributed by atoms with E-state index in [1.54, 1.807) is 0 Å². The molecule has 0 radical (unpaired) electrons. The summed E-state index contributed by atoms with van der Waals surface area (Å²) in [5.74, 6) is 0.0369. The van der Waals surface area contributed by atoms with Gasteiger partial charge >= 0.3 is 0 Å². The standard InChI is InChI=1S/C28H36N2O3/c1-3-30(22-13-15-33-16-14-22)26-12-8-11-24-23(26)10-7-5-4-6-9-21-17-20(2)18-27(31)25(21)19-29-28(24)32/h5,7-8,11-12,17,22H,3-4,6,9-10,13-16,18-19H2,1-2H3,(H,29,32)/b7-5-. The van der Waals surface area contributed by atoms with E-state index < -0.39 is 0 Å². The Balaban J connectivity index is 1.68. The van der Waals surface area contributed by atoms with Crippen LogP contribution in [0.5, 0.6) is 0 Å². The zero-order chi connectivity index (χ0) is 23.2. The second kappa shape index (κ2) is 11.0. The summed E-state index contributed by atoms with van der Waals surface area (Å²) in [6.45, 7) is 6.96. The van der Waals surface area contributed by atoms with Crippen LogP contribution in [0.3, 0.4) is 0 Å². The van der Waals surface area contributed by atoms with Gasteiger partial charge in [0.05, 0.1) is 0 Å². The number of allylic oxidation sites excluding steroid dienone is 5. The molecule has 1 fully saturated rings. The van der Waals surface area contributed by atoms with Gasteiger partial charge in [-0.15, -0.1) is 0 Å². The maximum absolute atomic E-state index is 13.4. The first kappa shape index (κ1) is 23.5. The number of hydrogen-bond donors (Lipinski definition) is 1. The van der Waals surface area contributed by atoms with Crippen molar-refractivity contribution in [3.63, 3.8) is 0 Å². The van der Waals surface area contributed by atoms with Crippen LogP contribution in [0, 0.1) is 0 Å². The number of amides is 1. The Morgan fingerprint density at radius 3 is 2.76 bits per heavy atom. The van der Waals surface area contributed by atoms with E-state index in [0.717, 1.165) is 86.3 Å². The van der Waals surface area contributed by atoms with Crippen molar-refractivity contribution in [2.24, 2.45) is 0 Å². The van der Waals surface area contributed by atoms with Crippen molar-refractivity contribution >= 4 is 17.4 Å². The average molecular weight is 449 g/mol. The summed E-state index contributed by atoms with van der Waals surface area (Å²) in [5, 5.41) is 3.08. The number of nitrogens with one attached hydrogen (secondary N) is 1. The molecule has 2 heterocycles. The molecule has 1 amide bonds. The maximum Gasteiger partial charge on any atom is 0.251 e. The molecule has 0 spiro atoms. The molecule has 5 heteroatoms. The highest BCUT2D eigenvalue weighted by atomic mass is 16.5. The Morgan fingerprint density at radius 2 is 1.97 bits per heavy atom. The van der Waals surface area contributed by atoms with E-state index in [0.29, 0.717) is 24.6 Å². The molecule has 5 nitrogen and oxygen atoms in total. The number of fused-ring (bicyclic) bond motifs is 1. The zero-order valence-corrected chi connectivity index (χ0v) is 20.0. The van der Waals surface area contributed by atoms with Gasteiger partial charge in [0.1, 0.15) is 0 Å². The fourth-order valence-corrected chi connectivity index (χ4v) is 5.30. The number of anilines is 1. The van der Waals surface area contributed by atoms with Crippen LogP contribution in [-0.2, 0) is 16.0 Å². The lowest BCUT2D eigenvalue weighted by Gasteiger charge is -2.37. The van der Waals surface area contributed by atoms with Crippen molar-refractivity contribution < 1.29 is 14.3 Å². The van der Waals surface area contributed by atoms with Gasteiger partial charge in [-0.3, -0.25) is 9.59 Å². The van der Waals surface area contributed by atoms with E-state index in [9.17, 15) is 9.59 Å². The Morgan fingerprint density at radius 1 is 1.15 bits per heavy atom. The molecule has 1 saturated heterocycles. The first-order valence-electron chi connectivity index (χ1n) is 12.4. The minimum absolute atomic E-state index is 0.103. The Kier molecular flexibility index (Phi) is 7.81. The van der Waals surface area contributed by atoms with Crippen LogP contribution in [0.15, 0.2) is 53.1 Å². The molecular weight excluding hydrogens is 412 g/mol. The van der Waals surface area contributed by atoms with Gasteiger partial charge in [0.15, 0.2) is 5.78 Å². The van der Waals surface area contributed by atoms with Crippen molar-refractivity contribution in [3.05, 3.63) is 64.3 Å².